The summed E-state index contributed by atoms with van der Waals surface area (Å²) in [5.41, 5.74) is 3.37. The Morgan fingerprint density at radius 2 is 1.86 bits per heavy atom. The first kappa shape index (κ1) is 8.59. The molecule has 0 fully saturated rings. The van der Waals surface area contributed by atoms with Gasteiger partial charge in [-0.2, -0.15) is 0 Å². The highest BCUT2D eigenvalue weighted by atomic mass is 14.0. The normalized spacial score (nSPS) is 9.14. The predicted molar refractivity (Wildman–Crippen MR) is 59.6 cm³/mol. The van der Waals surface area contributed by atoms with Crippen LogP contribution in [0.1, 0.15) is 5.56 Å². The molecule has 0 atom stereocenters. The van der Waals surface area contributed by atoms with Crippen LogP contribution < -0.4 is 0 Å². The van der Waals surface area contributed by atoms with Gasteiger partial charge in [0.25, 0.3) is 0 Å². The Labute approximate surface area is 84.5 Å². The molecule has 14 heavy (non-hydrogen) atoms. The molecule has 0 amide bonds. The van der Waals surface area contributed by atoms with Crippen LogP contribution in [0.4, 0.5) is 0 Å². The Morgan fingerprint density at radius 3 is 2.43 bits per heavy atom. The maximum absolute atomic E-state index is 3.72. The van der Waals surface area contributed by atoms with Crippen molar-refractivity contribution in [2.24, 2.45) is 0 Å². The average molecular weight is 178 g/mol. The fourth-order valence-corrected chi connectivity index (χ4v) is 1.32. The lowest BCUT2D eigenvalue weighted by Crippen LogP contribution is -1.76. The van der Waals surface area contributed by atoms with E-state index in [1.807, 2.05) is 36.4 Å². The van der Waals surface area contributed by atoms with Crippen molar-refractivity contribution in [1.29, 1.82) is 0 Å². The van der Waals surface area contributed by atoms with Gasteiger partial charge in [0.1, 0.15) is 0 Å². The summed E-state index contributed by atoms with van der Waals surface area (Å²) in [5, 5.41) is 0. The number of rotatable bonds is 2. The van der Waals surface area contributed by atoms with E-state index in [1.54, 1.807) is 0 Å². The van der Waals surface area contributed by atoms with Crippen LogP contribution in [0.25, 0.3) is 17.2 Å². The van der Waals surface area contributed by atoms with Gasteiger partial charge in [0.05, 0.1) is 0 Å². The lowest BCUT2D eigenvalue weighted by atomic mass is 10.1. The molecular formula is C14H10. The van der Waals surface area contributed by atoms with Gasteiger partial charge in [0, 0.05) is 5.56 Å². The Morgan fingerprint density at radius 1 is 1.07 bits per heavy atom. The zero-order chi connectivity index (χ0) is 9.80. The molecular weight excluding hydrogens is 168 g/mol. The van der Waals surface area contributed by atoms with Gasteiger partial charge < -0.3 is 0 Å². The molecule has 0 radical (unpaired) electrons. The SMILES string of the molecule is C=Cc1ccc(-c2c#cccc2)cc1. The van der Waals surface area contributed by atoms with Crippen molar-refractivity contribution in [3.05, 3.63) is 66.7 Å². The molecule has 0 bridgehead atoms. The summed E-state index contributed by atoms with van der Waals surface area (Å²) in [4.78, 5) is 0. The highest BCUT2D eigenvalue weighted by Crippen LogP contribution is 2.17. The monoisotopic (exact) mass is 178 g/mol. The molecule has 0 saturated carbocycles. The fraction of sp³-hybridized carbons (Fsp3) is 0. The van der Waals surface area contributed by atoms with Gasteiger partial charge in [-0.15, -0.1) is 0 Å². The van der Waals surface area contributed by atoms with Crippen molar-refractivity contribution in [2.45, 2.75) is 0 Å². The molecule has 66 valence electrons. The minimum Gasteiger partial charge on any atom is -0.0985 e. The highest BCUT2D eigenvalue weighted by Gasteiger charge is 1.94. The zero-order valence-electron chi connectivity index (χ0n) is 7.83. The number of benzene rings is 1. The van der Waals surface area contributed by atoms with Crippen LogP contribution in [-0.4, -0.2) is 0 Å². The van der Waals surface area contributed by atoms with Gasteiger partial charge in [-0.25, -0.2) is 0 Å². The predicted octanol–water partition coefficient (Wildman–Crippen LogP) is 3.60. The van der Waals surface area contributed by atoms with E-state index in [1.165, 1.54) is 0 Å². The van der Waals surface area contributed by atoms with E-state index < -0.39 is 0 Å². The van der Waals surface area contributed by atoms with Gasteiger partial charge >= 0.3 is 0 Å². The number of hydrogen-bond acceptors (Lipinski definition) is 0. The fourth-order valence-electron chi connectivity index (χ4n) is 1.32. The summed E-state index contributed by atoms with van der Waals surface area (Å²) in [6.45, 7) is 3.72. The maximum atomic E-state index is 3.72. The highest BCUT2D eigenvalue weighted by molar-refractivity contribution is 5.63. The molecule has 0 unspecified atom stereocenters. The topological polar surface area (TPSA) is 0 Å². The van der Waals surface area contributed by atoms with Crippen molar-refractivity contribution in [2.75, 3.05) is 0 Å². The quantitative estimate of drug-likeness (QED) is 0.659. The summed E-state index contributed by atoms with van der Waals surface area (Å²) in [5.74, 6) is 0. The summed E-state index contributed by atoms with van der Waals surface area (Å²) in [7, 11) is 0. The Kier molecular flexibility index (Phi) is 2.34. The minimum atomic E-state index is 1.07. The van der Waals surface area contributed by atoms with Crippen molar-refractivity contribution in [1.82, 2.24) is 0 Å². The van der Waals surface area contributed by atoms with E-state index in [9.17, 15) is 0 Å². The van der Waals surface area contributed by atoms with Crippen molar-refractivity contribution >= 4 is 6.08 Å². The summed E-state index contributed by atoms with van der Waals surface area (Å²) in [6, 6.07) is 20.1. The lowest BCUT2D eigenvalue weighted by molar-refractivity contribution is 1.61. The third kappa shape index (κ3) is 1.67. The molecule has 0 nitrogen and oxygen atoms in total. The first-order valence-corrected chi connectivity index (χ1v) is 4.51. The van der Waals surface area contributed by atoms with E-state index in [2.05, 4.69) is 30.8 Å². The van der Waals surface area contributed by atoms with E-state index in [-0.39, 0.29) is 0 Å². The lowest BCUT2D eigenvalue weighted by Gasteiger charge is -1.98. The third-order valence-electron chi connectivity index (χ3n) is 2.11. The first-order chi connectivity index (χ1) is 6.90. The molecule has 0 heterocycles. The molecule has 0 heteroatoms. The molecule has 2 aromatic carbocycles. The van der Waals surface area contributed by atoms with Crippen molar-refractivity contribution < 1.29 is 0 Å². The molecule has 0 saturated heterocycles. The largest absolute Gasteiger partial charge is 0.0985 e. The third-order valence-corrected chi connectivity index (χ3v) is 2.11. The molecule has 0 aromatic heterocycles. The maximum Gasteiger partial charge on any atom is 0.0321 e. The van der Waals surface area contributed by atoms with Crippen LogP contribution >= 0.6 is 0 Å². The standard InChI is InChI=1S/C14H10/c1-2-12-8-10-14(11-9-12)13-6-4-3-5-7-13/h2-4,6,8-11H,1H2. The van der Waals surface area contributed by atoms with Crippen molar-refractivity contribution in [3.8, 4) is 11.1 Å². The zero-order valence-corrected chi connectivity index (χ0v) is 7.83. The second-order valence-electron chi connectivity index (χ2n) is 3.03. The van der Waals surface area contributed by atoms with Crippen LogP contribution in [0.5, 0.6) is 0 Å². The Bertz CT molecular complexity index is 410. The average Bonchev–Trinajstić information content (AvgIpc) is 2.30. The molecule has 0 aliphatic carbocycles. The molecule has 0 aliphatic heterocycles. The van der Waals surface area contributed by atoms with E-state index in [4.69, 9.17) is 0 Å². The van der Waals surface area contributed by atoms with Crippen LogP contribution in [0.15, 0.2) is 49.0 Å². The van der Waals surface area contributed by atoms with Gasteiger partial charge in [-0.1, -0.05) is 55.1 Å². The molecule has 2 aromatic rings. The summed E-state index contributed by atoms with van der Waals surface area (Å²) in [6.07, 6.45) is 1.84. The van der Waals surface area contributed by atoms with Crippen LogP contribution in [0.3, 0.4) is 0 Å². The van der Waals surface area contributed by atoms with E-state index >= 15 is 0 Å². The smallest absolute Gasteiger partial charge is 0.0321 e. The van der Waals surface area contributed by atoms with Crippen LogP contribution in [0, 0.1) is 12.1 Å². The van der Waals surface area contributed by atoms with Gasteiger partial charge in [-0.05, 0) is 23.3 Å². The molecule has 0 aliphatic rings. The molecule has 0 N–H and O–H groups in total. The van der Waals surface area contributed by atoms with Crippen LogP contribution in [0.2, 0.25) is 0 Å². The van der Waals surface area contributed by atoms with E-state index in [0.717, 1.165) is 16.7 Å². The number of hydrogen-bond donors (Lipinski definition) is 0. The minimum absolute atomic E-state index is 1.07. The first-order valence-electron chi connectivity index (χ1n) is 4.51. The molecule has 0 spiro atoms. The molecule has 2 rings (SSSR count). The second kappa shape index (κ2) is 3.81. The Hall–Kier alpha value is -2.00. The van der Waals surface area contributed by atoms with Gasteiger partial charge in [-0.3, -0.25) is 0 Å². The van der Waals surface area contributed by atoms with Crippen LogP contribution in [-0.2, 0) is 0 Å². The Balaban J connectivity index is 2.39. The second-order valence-corrected chi connectivity index (χ2v) is 3.03. The van der Waals surface area contributed by atoms with Crippen molar-refractivity contribution in [3.63, 3.8) is 0 Å². The van der Waals surface area contributed by atoms with Gasteiger partial charge in [0.2, 0.25) is 0 Å². The van der Waals surface area contributed by atoms with E-state index in [0.29, 0.717) is 0 Å². The summed E-state index contributed by atoms with van der Waals surface area (Å²) < 4.78 is 0. The summed E-state index contributed by atoms with van der Waals surface area (Å²) >= 11 is 0. The van der Waals surface area contributed by atoms with Gasteiger partial charge in [0.15, 0.2) is 0 Å².